The van der Waals surface area contributed by atoms with E-state index in [2.05, 4.69) is 41.3 Å². The van der Waals surface area contributed by atoms with Crippen molar-refractivity contribution >= 4 is 66.7 Å². The van der Waals surface area contributed by atoms with Gasteiger partial charge >= 0.3 is 11.9 Å². The largest absolute Gasteiger partial charge is 0.462 e. The molecular weight excluding hydrogens is 905 g/mol. The molecule has 14 heteroatoms. The molecule has 14 nitrogen and oxygen atoms in total. The Morgan fingerprint density at radius 1 is 0.563 bits per heavy atom. The van der Waals surface area contributed by atoms with Crippen molar-refractivity contribution < 1.29 is 57.0 Å². The number of ether oxygens (including phenoxy) is 10. The van der Waals surface area contributed by atoms with Crippen LogP contribution in [-0.2, 0) is 75.2 Å². The number of rotatable bonds is 28. The van der Waals surface area contributed by atoms with Gasteiger partial charge in [0.25, 0.3) is 0 Å². The lowest BCUT2D eigenvalue weighted by atomic mass is 9.53. The zero-order valence-electron chi connectivity index (χ0n) is 40.6. The van der Waals surface area contributed by atoms with Crippen molar-refractivity contribution in [3.63, 3.8) is 0 Å². The predicted octanol–water partition coefficient (Wildman–Crippen LogP) is 5.68. The van der Waals surface area contributed by atoms with Gasteiger partial charge in [-0.25, -0.2) is 0 Å². The smallest absolute Gasteiger partial charge is 0.324 e. The number of allylic oxidation sites excluding steroid dienone is 1. The van der Waals surface area contributed by atoms with Crippen molar-refractivity contribution in [1.82, 2.24) is 4.90 Å². The zero-order chi connectivity index (χ0) is 47.8. The molecule has 8 aliphatic carbocycles. The maximum Gasteiger partial charge on any atom is 0.324 e. The summed E-state index contributed by atoms with van der Waals surface area (Å²) in [7, 11) is 3.27. The van der Waals surface area contributed by atoms with Crippen LogP contribution < -0.4 is 5.73 Å². The summed E-state index contributed by atoms with van der Waals surface area (Å²) in [6, 6.07) is 7.23. The fraction of sp³-hybridized carbons (Fsp3) is 0.509. The minimum Gasteiger partial charge on any atom is -0.462 e. The molecule has 0 aromatic heterocycles. The number of methoxy groups -OCH3 is 2. The standard InChI is InChI=1S/C57H60N2O12/c1-62-9-11-66-15-17-68-19-21-70-53(60)57(54(61)71-22-20-69-18-16-67-12-10-63-2)50-36-26-33-24-32-23-31-3-4-55-28-35-25-34-27-37(51(50)57)43-42(36)44-38(33)39(32)47-48-46(44)45(43)40(34)41(35)52(48)56(55,49(31)47)30-59(29-55)6-8-65-14-13-64-7-5-58/h3-4,23,26-28,50-51H,5-22,24-25,29-30,58H2,1-2H3. The molecule has 5 aromatic rings. The molecule has 71 heavy (non-hydrogen) atoms. The van der Waals surface area contributed by atoms with E-state index in [4.69, 9.17) is 53.1 Å². The Balaban J connectivity index is 0.861. The second-order valence-electron chi connectivity index (χ2n) is 20.8. The van der Waals surface area contributed by atoms with Crippen LogP contribution in [0.2, 0.25) is 0 Å². The van der Waals surface area contributed by atoms with Gasteiger partial charge in [0.1, 0.15) is 13.2 Å². The van der Waals surface area contributed by atoms with Crippen LogP contribution in [0.25, 0.3) is 65.9 Å². The van der Waals surface area contributed by atoms with E-state index < -0.39 is 29.2 Å². The molecule has 0 bridgehead atoms. The van der Waals surface area contributed by atoms with Crippen molar-refractivity contribution in [2.24, 2.45) is 16.6 Å². The van der Waals surface area contributed by atoms with Gasteiger partial charge in [0.2, 0.25) is 0 Å². The molecule has 1 heterocycles. The first kappa shape index (κ1) is 44.8. The van der Waals surface area contributed by atoms with E-state index in [9.17, 15) is 0 Å². The maximum atomic E-state index is 15.1. The van der Waals surface area contributed by atoms with Crippen molar-refractivity contribution in [2.75, 3.05) is 146 Å². The molecule has 4 unspecified atom stereocenters. The van der Waals surface area contributed by atoms with E-state index in [0.29, 0.717) is 85.8 Å². The normalized spacial score (nSPS) is 23.6. The first-order valence-electron chi connectivity index (χ1n) is 25.7. The summed E-state index contributed by atoms with van der Waals surface area (Å²) >= 11 is 0. The number of hydrogen-bond donors (Lipinski definition) is 1. The molecule has 2 fully saturated rings. The summed E-state index contributed by atoms with van der Waals surface area (Å²) in [6.07, 6.45) is 9.25. The van der Waals surface area contributed by atoms with Gasteiger partial charge in [-0.15, -0.1) is 0 Å². The van der Waals surface area contributed by atoms with Gasteiger partial charge in [0, 0.05) is 63.1 Å². The summed E-state index contributed by atoms with van der Waals surface area (Å²) in [5.41, 5.74) is 19.3. The quantitative estimate of drug-likeness (QED) is 0.0277. The van der Waals surface area contributed by atoms with Gasteiger partial charge < -0.3 is 53.1 Å². The number of nitrogens with zero attached hydrogens (tertiary/aromatic N) is 1. The van der Waals surface area contributed by atoms with E-state index in [1.54, 1.807) is 19.8 Å². The van der Waals surface area contributed by atoms with Gasteiger partial charge in [-0.3, -0.25) is 14.5 Å². The van der Waals surface area contributed by atoms with Crippen LogP contribution in [0.5, 0.6) is 0 Å². The highest BCUT2D eigenvalue weighted by molar-refractivity contribution is 6.46. The van der Waals surface area contributed by atoms with Gasteiger partial charge in [-0.05, 0) is 123 Å². The maximum absolute atomic E-state index is 15.1. The molecule has 0 radical (unpaired) electrons. The molecule has 2 N–H and O–H groups in total. The number of hydrogen-bond acceptors (Lipinski definition) is 14. The summed E-state index contributed by atoms with van der Waals surface area (Å²) in [6.45, 7) is 9.27. The Hall–Kier alpha value is -4.84. The van der Waals surface area contributed by atoms with E-state index >= 15 is 9.59 Å². The molecule has 4 atom stereocenters. The van der Waals surface area contributed by atoms with Crippen LogP contribution in [-0.4, -0.2) is 163 Å². The van der Waals surface area contributed by atoms with E-state index in [1.807, 2.05) is 0 Å². The fourth-order valence-corrected chi connectivity index (χ4v) is 15.2. The predicted molar refractivity (Wildman–Crippen MR) is 266 cm³/mol. The minimum atomic E-state index is -1.58. The van der Waals surface area contributed by atoms with Crippen LogP contribution in [0, 0.1) is 10.8 Å². The number of esters is 2. The lowest BCUT2D eigenvalue weighted by Gasteiger charge is -2.47. The average molecular weight is 965 g/mol. The third-order valence-corrected chi connectivity index (χ3v) is 17.5. The van der Waals surface area contributed by atoms with Crippen molar-refractivity contribution in [1.29, 1.82) is 0 Å². The first-order chi connectivity index (χ1) is 34.9. The molecular formula is C57H60N2O12. The van der Waals surface area contributed by atoms with Crippen LogP contribution in [0.15, 0.2) is 30.4 Å². The van der Waals surface area contributed by atoms with Crippen molar-refractivity contribution in [3.8, 4) is 11.1 Å². The second kappa shape index (κ2) is 16.9. The summed E-state index contributed by atoms with van der Waals surface area (Å²) in [4.78, 5) is 32.8. The number of fused-ring (bicyclic) bond motifs is 3. The van der Waals surface area contributed by atoms with Gasteiger partial charge in [0.05, 0.1) is 92.5 Å². The number of benzene rings is 5. The highest BCUT2D eigenvalue weighted by atomic mass is 16.6. The van der Waals surface area contributed by atoms with E-state index in [0.717, 1.165) is 43.6 Å². The Morgan fingerprint density at radius 3 is 1.73 bits per heavy atom. The number of nitrogens with two attached hydrogens (primary N) is 1. The molecule has 1 saturated heterocycles. The molecule has 1 spiro atoms. The third-order valence-electron chi connectivity index (χ3n) is 17.5. The van der Waals surface area contributed by atoms with Gasteiger partial charge in [-0.1, -0.05) is 36.4 Å². The Morgan fingerprint density at radius 2 is 1.10 bits per heavy atom. The zero-order valence-corrected chi connectivity index (χ0v) is 40.6. The molecule has 14 rings (SSSR count). The molecule has 0 amide bonds. The molecule has 1 saturated carbocycles. The van der Waals surface area contributed by atoms with Crippen LogP contribution in [0.1, 0.15) is 61.9 Å². The van der Waals surface area contributed by atoms with Gasteiger partial charge in [0.15, 0.2) is 5.41 Å². The average Bonchev–Trinajstić information content (AvgIpc) is 3.82. The Bertz CT molecular complexity index is 3180. The SMILES string of the molecule is COCCOCCOCCOC(=O)C1(C(=O)OCCOCCOCCOC)C2c3cc4c5c6c7c8c9c%10c(cc%11c9c9c(cc(c%12c9c8c5c3-%12)C21)C%11)C=CC1(C=C6C4)CN(CCOCCOCCN)CC%1071. The summed E-state index contributed by atoms with van der Waals surface area (Å²) in [5.74, 6) is -2.04. The second-order valence-corrected chi connectivity index (χ2v) is 20.8. The number of carbonyl (C=O) groups excluding carboxylic acids is 2. The van der Waals surface area contributed by atoms with Crippen LogP contribution >= 0.6 is 0 Å². The minimum absolute atomic E-state index is 0.00157. The lowest BCUT2D eigenvalue weighted by molar-refractivity contribution is -0.167. The van der Waals surface area contributed by atoms with Crippen LogP contribution in [0.4, 0.5) is 0 Å². The number of carbonyl (C=O) groups is 2. The molecule has 1 aliphatic heterocycles. The summed E-state index contributed by atoms with van der Waals surface area (Å²) in [5, 5.41) is 11.1. The monoisotopic (exact) mass is 964 g/mol. The van der Waals surface area contributed by atoms with Crippen LogP contribution in [0.3, 0.4) is 0 Å². The van der Waals surface area contributed by atoms with Gasteiger partial charge in [-0.2, -0.15) is 0 Å². The Kier molecular flexibility index (Phi) is 10.6. The summed E-state index contributed by atoms with van der Waals surface area (Å²) < 4.78 is 56.9. The Labute approximate surface area is 411 Å². The van der Waals surface area contributed by atoms with E-state index in [-0.39, 0.29) is 37.3 Å². The molecule has 370 valence electrons. The van der Waals surface area contributed by atoms with E-state index in [1.165, 1.54) is 93.2 Å². The lowest BCUT2D eigenvalue weighted by Crippen LogP contribution is -2.46. The van der Waals surface area contributed by atoms with Crippen molar-refractivity contribution in [3.05, 3.63) is 80.4 Å². The topological polar surface area (TPSA) is 156 Å². The van der Waals surface area contributed by atoms with Crippen molar-refractivity contribution in [2.45, 2.75) is 30.1 Å². The fourth-order valence-electron chi connectivity index (χ4n) is 15.2. The molecule has 5 aromatic carbocycles. The first-order valence-corrected chi connectivity index (χ1v) is 25.7. The highest BCUT2D eigenvalue weighted by Crippen LogP contribution is 2.80. The number of likely N-dealkylation sites (tertiary alicyclic amines) is 1. The molecule has 9 aliphatic rings. The highest BCUT2D eigenvalue weighted by Gasteiger charge is 2.80. The third kappa shape index (κ3) is 5.89.